The predicted octanol–water partition coefficient (Wildman–Crippen LogP) is -0.0793. The number of carbonyl (C=O) groups is 3. The van der Waals surface area contributed by atoms with Gasteiger partial charge in [0.1, 0.15) is 12.1 Å². The molecule has 4 N–H and O–H groups in total. The number of primary amides is 1. The molecule has 0 radical (unpaired) electrons. The second-order valence-corrected chi connectivity index (χ2v) is 4.98. The second kappa shape index (κ2) is 8.97. The molecule has 0 spiro atoms. The zero-order valence-electron chi connectivity index (χ0n) is 12.2. The first kappa shape index (κ1) is 18.0. The van der Waals surface area contributed by atoms with Crippen LogP contribution < -0.4 is 16.4 Å². The molecule has 0 aromatic rings. The van der Waals surface area contributed by atoms with Crippen LogP contribution in [-0.4, -0.2) is 29.8 Å². The van der Waals surface area contributed by atoms with E-state index >= 15 is 0 Å². The maximum absolute atomic E-state index is 12.1. The molecule has 0 aromatic carbocycles. The van der Waals surface area contributed by atoms with Crippen LogP contribution in [0, 0.1) is 18.3 Å². The molecule has 0 heterocycles. The Balaban J connectivity index is 4.66. The van der Waals surface area contributed by atoms with Gasteiger partial charge in [0.25, 0.3) is 0 Å². The van der Waals surface area contributed by atoms with Crippen LogP contribution in [0.25, 0.3) is 0 Å². The predicted molar refractivity (Wildman–Crippen MR) is 76.3 cm³/mol. The number of unbranched alkanes of at least 4 members (excludes halogenated alkanes) is 1. The van der Waals surface area contributed by atoms with Crippen molar-refractivity contribution in [3.05, 3.63) is 0 Å². The average Bonchev–Trinajstić information content (AvgIpc) is 2.33. The summed E-state index contributed by atoms with van der Waals surface area (Å²) in [5.74, 6) is 1.03. The molecule has 6 heteroatoms. The van der Waals surface area contributed by atoms with Crippen molar-refractivity contribution in [2.75, 3.05) is 0 Å². The lowest BCUT2D eigenvalue weighted by Gasteiger charge is -2.23. The first-order chi connectivity index (χ1) is 9.29. The molecule has 0 aliphatic carbocycles. The highest BCUT2D eigenvalue weighted by Gasteiger charge is 2.26. The van der Waals surface area contributed by atoms with Crippen molar-refractivity contribution in [2.45, 2.75) is 52.1 Å². The van der Waals surface area contributed by atoms with E-state index in [0.717, 1.165) is 0 Å². The lowest BCUT2D eigenvalue weighted by Crippen LogP contribution is -2.54. The summed E-state index contributed by atoms with van der Waals surface area (Å²) in [6.45, 7) is 4.94. The average molecular weight is 281 g/mol. The minimum atomic E-state index is -0.772. The van der Waals surface area contributed by atoms with Crippen molar-refractivity contribution in [2.24, 2.45) is 11.7 Å². The Kier molecular flexibility index (Phi) is 8.06. The van der Waals surface area contributed by atoms with E-state index in [4.69, 9.17) is 12.2 Å². The molecule has 0 fully saturated rings. The molecule has 0 aromatic heterocycles. The highest BCUT2D eigenvalue weighted by molar-refractivity contribution is 5.91. The Morgan fingerprint density at radius 1 is 1.25 bits per heavy atom. The number of hydrogen-bond donors (Lipinski definition) is 3. The van der Waals surface area contributed by atoms with E-state index in [1.165, 1.54) is 6.92 Å². The third-order valence-corrected chi connectivity index (χ3v) is 2.78. The molecular formula is C14H23N3O3. The zero-order chi connectivity index (χ0) is 15.7. The molecule has 0 saturated carbocycles. The van der Waals surface area contributed by atoms with Crippen molar-refractivity contribution in [1.82, 2.24) is 10.6 Å². The molecule has 0 rings (SSSR count). The smallest absolute Gasteiger partial charge is 0.243 e. The van der Waals surface area contributed by atoms with E-state index in [1.54, 1.807) is 13.8 Å². The summed E-state index contributed by atoms with van der Waals surface area (Å²) >= 11 is 0. The number of carbonyl (C=O) groups excluding carboxylic acids is 3. The van der Waals surface area contributed by atoms with Gasteiger partial charge < -0.3 is 16.4 Å². The molecule has 2 atom stereocenters. The Bertz CT molecular complexity index is 399. The molecule has 0 unspecified atom stereocenters. The van der Waals surface area contributed by atoms with Gasteiger partial charge in [-0.05, 0) is 18.8 Å². The van der Waals surface area contributed by atoms with Crippen molar-refractivity contribution in [1.29, 1.82) is 0 Å². The molecule has 3 amide bonds. The quantitative estimate of drug-likeness (QED) is 0.428. The van der Waals surface area contributed by atoms with Gasteiger partial charge in [0.2, 0.25) is 17.7 Å². The van der Waals surface area contributed by atoms with Crippen LogP contribution >= 0.6 is 0 Å². The van der Waals surface area contributed by atoms with E-state index in [-0.39, 0.29) is 11.8 Å². The molecule has 0 saturated heterocycles. The van der Waals surface area contributed by atoms with Crippen LogP contribution in [-0.2, 0) is 14.4 Å². The standard InChI is InChI=1S/C14H23N3O3/c1-5-6-7-8-11(13(15)19)17-14(20)12(9(2)3)16-10(4)18/h1,9,11-12H,6-8H2,2-4H3,(H2,15,19)(H,16,18)(H,17,20)/t11-,12-/m1/s1. The summed E-state index contributed by atoms with van der Waals surface area (Å²) in [5, 5.41) is 5.12. The topological polar surface area (TPSA) is 101 Å². The fourth-order valence-corrected chi connectivity index (χ4v) is 1.71. The fraction of sp³-hybridized carbons (Fsp3) is 0.643. The van der Waals surface area contributed by atoms with Gasteiger partial charge in [0.15, 0.2) is 0 Å². The summed E-state index contributed by atoms with van der Waals surface area (Å²) in [6.07, 6.45) is 6.63. The number of amides is 3. The van der Waals surface area contributed by atoms with Crippen LogP contribution in [0.2, 0.25) is 0 Å². The molecule has 6 nitrogen and oxygen atoms in total. The monoisotopic (exact) mass is 281 g/mol. The Labute approximate surface area is 119 Å². The lowest BCUT2D eigenvalue weighted by molar-refractivity contribution is -0.131. The Morgan fingerprint density at radius 2 is 1.85 bits per heavy atom. The van der Waals surface area contributed by atoms with Crippen LogP contribution in [0.5, 0.6) is 0 Å². The summed E-state index contributed by atoms with van der Waals surface area (Å²) < 4.78 is 0. The second-order valence-electron chi connectivity index (χ2n) is 4.98. The number of rotatable bonds is 8. The Morgan fingerprint density at radius 3 is 2.25 bits per heavy atom. The third-order valence-electron chi connectivity index (χ3n) is 2.78. The van der Waals surface area contributed by atoms with Crippen LogP contribution in [0.3, 0.4) is 0 Å². The number of nitrogens with two attached hydrogens (primary N) is 1. The third kappa shape index (κ3) is 6.78. The first-order valence-corrected chi connectivity index (χ1v) is 6.59. The van der Waals surface area contributed by atoms with Gasteiger partial charge in [-0.15, -0.1) is 12.3 Å². The normalized spacial score (nSPS) is 13.2. The highest BCUT2D eigenvalue weighted by atomic mass is 16.2. The largest absolute Gasteiger partial charge is 0.368 e. The summed E-state index contributed by atoms with van der Waals surface area (Å²) in [6, 6.07) is -1.46. The number of nitrogens with one attached hydrogen (secondary N) is 2. The van der Waals surface area contributed by atoms with Gasteiger partial charge in [-0.25, -0.2) is 0 Å². The van der Waals surface area contributed by atoms with Gasteiger partial charge in [-0.1, -0.05) is 13.8 Å². The summed E-state index contributed by atoms with van der Waals surface area (Å²) in [5.41, 5.74) is 5.25. The zero-order valence-corrected chi connectivity index (χ0v) is 12.2. The van der Waals surface area contributed by atoms with E-state index in [9.17, 15) is 14.4 Å². The van der Waals surface area contributed by atoms with Gasteiger partial charge in [-0.3, -0.25) is 14.4 Å². The molecule has 20 heavy (non-hydrogen) atoms. The van der Waals surface area contributed by atoms with E-state index < -0.39 is 23.9 Å². The fourth-order valence-electron chi connectivity index (χ4n) is 1.71. The van der Waals surface area contributed by atoms with E-state index in [0.29, 0.717) is 19.3 Å². The lowest BCUT2D eigenvalue weighted by atomic mass is 10.0. The van der Waals surface area contributed by atoms with Gasteiger partial charge >= 0.3 is 0 Å². The minimum Gasteiger partial charge on any atom is -0.368 e. The molecule has 0 aliphatic heterocycles. The molecular weight excluding hydrogens is 258 g/mol. The van der Waals surface area contributed by atoms with Crippen LogP contribution in [0.15, 0.2) is 0 Å². The maximum Gasteiger partial charge on any atom is 0.243 e. The van der Waals surface area contributed by atoms with Crippen molar-refractivity contribution in [3.63, 3.8) is 0 Å². The number of hydrogen-bond acceptors (Lipinski definition) is 3. The SMILES string of the molecule is C#CCCC[C@@H](NC(=O)[C@H](NC(C)=O)C(C)C)C(N)=O. The Hall–Kier alpha value is -2.03. The van der Waals surface area contributed by atoms with Gasteiger partial charge in [-0.2, -0.15) is 0 Å². The van der Waals surface area contributed by atoms with Gasteiger partial charge in [0.05, 0.1) is 0 Å². The van der Waals surface area contributed by atoms with E-state index in [1.807, 2.05) is 0 Å². The minimum absolute atomic E-state index is 0.0989. The summed E-state index contributed by atoms with van der Waals surface area (Å²) in [7, 11) is 0. The van der Waals surface area contributed by atoms with Crippen molar-refractivity contribution in [3.8, 4) is 12.3 Å². The van der Waals surface area contributed by atoms with Gasteiger partial charge in [0, 0.05) is 13.3 Å². The van der Waals surface area contributed by atoms with Crippen LogP contribution in [0.4, 0.5) is 0 Å². The molecule has 112 valence electrons. The number of terminal acetylenes is 1. The van der Waals surface area contributed by atoms with E-state index in [2.05, 4.69) is 16.6 Å². The van der Waals surface area contributed by atoms with Crippen LogP contribution in [0.1, 0.15) is 40.0 Å². The molecule has 0 aliphatic rings. The van der Waals surface area contributed by atoms with Crippen molar-refractivity contribution < 1.29 is 14.4 Å². The molecule has 0 bridgehead atoms. The highest BCUT2D eigenvalue weighted by Crippen LogP contribution is 2.05. The first-order valence-electron chi connectivity index (χ1n) is 6.59. The van der Waals surface area contributed by atoms with Crippen molar-refractivity contribution >= 4 is 17.7 Å². The summed E-state index contributed by atoms with van der Waals surface area (Å²) in [4.78, 5) is 34.5. The maximum atomic E-state index is 12.1.